The van der Waals surface area contributed by atoms with Crippen molar-refractivity contribution < 1.29 is 102 Å². The molecule has 0 aromatic rings. The lowest BCUT2D eigenvalue weighted by Gasteiger charge is -2.17. The van der Waals surface area contributed by atoms with Crippen LogP contribution in [0.5, 0.6) is 0 Å². The zero-order valence-corrected chi connectivity index (χ0v) is 56.2. The number of amides is 7. The minimum absolute atomic E-state index is 0.0403. The molecule has 29 nitrogen and oxygen atoms in total. The van der Waals surface area contributed by atoms with Crippen molar-refractivity contribution in [2.24, 2.45) is 5.41 Å². The summed E-state index contributed by atoms with van der Waals surface area (Å²) < 4.78 is 23.8. The fraction of sp³-hybridized carbons (Fsp3) is 0.803. The van der Waals surface area contributed by atoms with Crippen LogP contribution in [-0.2, 0) is 76.5 Å². The highest BCUT2D eigenvalue weighted by Crippen LogP contribution is 2.15. The second kappa shape index (κ2) is 64.1. The Morgan fingerprint density at radius 2 is 0.769 bits per heavy atom. The molecule has 0 aliphatic heterocycles. The molecule has 0 aromatic carbocycles. The Morgan fingerprint density at radius 3 is 1.15 bits per heavy atom. The molecule has 530 valence electrons. The number of carboxylic acids is 4. The normalized spacial score (nSPS) is 12.0. The smallest absolute Gasteiger partial charge is 0.326 e. The van der Waals surface area contributed by atoms with Gasteiger partial charge in [0.1, 0.15) is 37.6 Å². The number of carboxylic acid groups (broad SMARTS) is 4. The fourth-order valence-corrected chi connectivity index (χ4v) is 7.90. The predicted molar refractivity (Wildman–Crippen MR) is 344 cm³/mol. The molecule has 0 rings (SSSR count). The van der Waals surface area contributed by atoms with Gasteiger partial charge in [0, 0.05) is 65.9 Å². The van der Waals surface area contributed by atoms with Gasteiger partial charge in [-0.1, -0.05) is 110 Å². The zero-order chi connectivity index (χ0) is 69.5. The molecule has 13 N–H and O–H groups in total. The second-order valence-electron chi connectivity index (χ2n) is 22.1. The lowest BCUT2D eigenvalue weighted by atomic mass is 9.98. The largest absolute Gasteiger partial charge is 0.481 e. The summed E-state index contributed by atoms with van der Waals surface area (Å²) >= 11 is 3.93. The number of aliphatic hydroxyl groups excluding tert-OH is 1. The van der Waals surface area contributed by atoms with E-state index in [1.807, 2.05) is 0 Å². The number of carbonyl (C=O) groups excluding carboxylic acids is 8. The molecule has 0 saturated carbocycles. The minimum atomic E-state index is -1.48. The van der Waals surface area contributed by atoms with Crippen LogP contribution in [0.3, 0.4) is 0 Å². The molecule has 0 saturated heterocycles. The molecule has 0 spiro atoms. The van der Waals surface area contributed by atoms with Crippen LogP contribution in [0.2, 0.25) is 0 Å². The van der Waals surface area contributed by atoms with E-state index in [0.717, 1.165) is 45.5 Å². The van der Waals surface area contributed by atoms with Gasteiger partial charge in [0.15, 0.2) is 0 Å². The highest BCUT2D eigenvalue weighted by molar-refractivity contribution is 7.78. The van der Waals surface area contributed by atoms with Crippen molar-refractivity contribution in [1.29, 1.82) is 0 Å². The van der Waals surface area contributed by atoms with E-state index in [9.17, 15) is 72.9 Å². The van der Waals surface area contributed by atoms with Gasteiger partial charge in [-0.05, 0) is 72.1 Å². The summed E-state index contributed by atoms with van der Waals surface area (Å²) in [6.07, 6.45) is 19.1. The molecule has 4 atom stereocenters. The van der Waals surface area contributed by atoms with Gasteiger partial charge in [0.05, 0.1) is 51.1 Å². The number of unbranched alkanes of at least 4 members (excludes halogenated alkanes) is 15. The van der Waals surface area contributed by atoms with Crippen molar-refractivity contribution in [3.05, 3.63) is 0 Å². The molecule has 30 heteroatoms. The summed E-state index contributed by atoms with van der Waals surface area (Å²) in [6.45, 7) is 9.54. The first-order valence-corrected chi connectivity index (χ1v) is 32.2. The molecule has 7 amide bonds. The standard InChI is InChI=1S/C52H92N8O18S.C5H10O2.C3H8.CH4O/c1-53-49(68)39(60-79)19-16-17-27-54-43(62)24-21-41(51(71)72)58-46(65)26-23-42(52(73)74)59-48(67)38-78-36-34-76-32-29-56-47(66)37-77-35-33-75-31-28-55-44(63)25-22-40(50(69)70)57-45(64)20-15-13-11-9-7-5-3-2-4-6-8-10-12-14-18-30-61;1-5(2,3)4(6)7;1-3-2;1-2/h30,39-42,60,79H,2-29,31-38H2,1H3,(H,53,68)(H,54,62)(H,55,63)(H,56,66)(H,57,64)(H,58,65)(H,59,67)(H,69,70)(H,71,72)(H,73,74);1-3H3,(H,6,7);3H2,1-2H3;2H,1H3/t39?,40?,41?,42-;;;/m0.../s1. The van der Waals surface area contributed by atoms with Crippen LogP contribution in [0, 0.1) is 5.41 Å². The number of aliphatic hydroxyl groups is 1. The maximum Gasteiger partial charge on any atom is 0.326 e. The Hall–Kier alpha value is -6.05. The van der Waals surface area contributed by atoms with Crippen LogP contribution in [0.1, 0.15) is 202 Å². The zero-order valence-electron chi connectivity index (χ0n) is 55.3. The topological polar surface area (TPSA) is 439 Å². The molecule has 0 heterocycles. The van der Waals surface area contributed by atoms with E-state index in [-0.39, 0.29) is 122 Å². The fourth-order valence-electron chi connectivity index (χ4n) is 7.65. The highest BCUT2D eigenvalue weighted by atomic mass is 32.1. The Labute approximate surface area is 544 Å². The molecule has 0 aliphatic rings. The van der Waals surface area contributed by atoms with Crippen molar-refractivity contribution >= 4 is 84.3 Å². The van der Waals surface area contributed by atoms with E-state index >= 15 is 0 Å². The molecule has 91 heavy (non-hydrogen) atoms. The third kappa shape index (κ3) is 62.5. The molecule has 0 aliphatic carbocycles. The average Bonchev–Trinajstić information content (AvgIpc) is 3.73. The van der Waals surface area contributed by atoms with Gasteiger partial charge in [0.2, 0.25) is 41.4 Å². The van der Waals surface area contributed by atoms with E-state index in [1.165, 1.54) is 64.8 Å². The quantitative estimate of drug-likeness (QED) is 0.0234. The molecule has 0 fully saturated rings. The number of thiol groups is 1. The summed E-state index contributed by atoms with van der Waals surface area (Å²) in [7, 11) is 2.50. The summed E-state index contributed by atoms with van der Waals surface area (Å²) in [5.74, 6) is -8.18. The van der Waals surface area contributed by atoms with Gasteiger partial charge >= 0.3 is 23.9 Å². The van der Waals surface area contributed by atoms with E-state index < -0.39 is 90.1 Å². The SMILES string of the molecule is CC(C)(C)C(=O)O.CCC.CNC(=O)C(CCCCNC(=O)CCC(NC(=O)CC[C@H](NC(=O)COCCOCCNC(=O)COCCOCCNC(=O)CCC(NC(=O)CCCCCCCCCCCCCCCCC=O)C(=O)O)C(=O)O)C(=O)O)NS.CO. The Kier molecular flexibility index (Phi) is 64.3. The first-order chi connectivity index (χ1) is 43.4. The number of ether oxygens (including phenoxy) is 4. The van der Waals surface area contributed by atoms with Gasteiger partial charge in [-0.3, -0.25) is 43.1 Å². The van der Waals surface area contributed by atoms with E-state index in [4.69, 9.17) is 29.2 Å². The highest BCUT2D eigenvalue weighted by Gasteiger charge is 2.26. The molecular formula is C61H114N8O21S. The molecule has 0 bridgehead atoms. The molecular weight excluding hydrogens is 1210 g/mol. The van der Waals surface area contributed by atoms with Crippen molar-refractivity contribution in [3.8, 4) is 0 Å². The van der Waals surface area contributed by atoms with Crippen molar-refractivity contribution in [2.45, 2.75) is 226 Å². The summed E-state index contributed by atoms with van der Waals surface area (Å²) in [6, 6.07) is -4.56. The van der Waals surface area contributed by atoms with Crippen LogP contribution in [-0.4, -0.2) is 208 Å². The van der Waals surface area contributed by atoms with Gasteiger partial charge in [-0.2, -0.15) is 0 Å². The predicted octanol–water partition coefficient (Wildman–Crippen LogP) is 3.75. The van der Waals surface area contributed by atoms with Crippen molar-refractivity contribution in [1.82, 2.24) is 41.9 Å². The van der Waals surface area contributed by atoms with E-state index in [0.29, 0.717) is 32.1 Å². The maximum atomic E-state index is 12.5. The third-order valence-corrected chi connectivity index (χ3v) is 13.1. The molecule has 3 unspecified atom stereocenters. The van der Waals surface area contributed by atoms with Gasteiger partial charge in [-0.15, -0.1) is 0 Å². The lowest BCUT2D eigenvalue weighted by molar-refractivity contribution is -0.146. The number of likely N-dealkylation sites (N-methyl/N-ethyl adjacent to an activating group) is 1. The minimum Gasteiger partial charge on any atom is -0.481 e. The summed E-state index contributed by atoms with van der Waals surface area (Å²) in [5, 5.41) is 61.3. The van der Waals surface area contributed by atoms with E-state index in [1.54, 1.807) is 20.8 Å². The van der Waals surface area contributed by atoms with Crippen LogP contribution in [0.25, 0.3) is 0 Å². The number of nitrogens with one attached hydrogen (secondary N) is 8. The Balaban J connectivity index is -0.00000287. The lowest BCUT2D eigenvalue weighted by Crippen LogP contribution is -2.45. The molecule has 0 radical (unpaired) electrons. The Bertz CT molecular complexity index is 1990. The van der Waals surface area contributed by atoms with Crippen molar-refractivity contribution in [2.75, 3.05) is 86.6 Å². The second-order valence-corrected chi connectivity index (χ2v) is 22.3. The van der Waals surface area contributed by atoms with Crippen LogP contribution in [0.15, 0.2) is 0 Å². The van der Waals surface area contributed by atoms with E-state index in [2.05, 4.69) is 68.6 Å². The number of rotatable bonds is 55. The maximum absolute atomic E-state index is 12.5. The van der Waals surface area contributed by atoms with Gasteiger partial charge < -0.3 is 86.5 Å². The van der Waals surface area contributed by atoms with Gasteiger partial charge in [0.25, 0.3) is 0 Å². The van der Waals surface area contributed by atoms with Crippen molar-refractivity contribution in [3.63, 3.8) is 0 Å². The first kappa shape index (κ1) is 91.4. The number of carbonyl (C=O) groups is 12. The summed E-state index contributed by atoms with van der Waals surface area (Å²) in [4.78, 5) is 141. The first-order valence-electron chi connectivity index (χ1n) is 31.8. The molecule has 0 aromatic heterocycles. The van der Waals surface area contributed by atoms with Crippen LogP contribution < -0.4 is 41.9 Å². The number of hydrogen-bond donors (Lipinski definition) is 14. The number of aldehydes is 1. The van der Waals surface area contributed by atoms with Crippen LogP contribution >= 0.6 is 12.8 Å². The summed E-state index contributed by atoms with van der Waals surface area (Å²) in [5.41, 5.74) is -0.583. The number of hydrogen-bond acceptors (Lipinski definition) is 19. The number of aliphatic carboxylic acids is 4. The third-order valence-electron chi connectivity index (χ3n) is 12.8. The Morgan fingerprint density at radius 1 is 0.429 bits per heavy atom. The van der Waals surface area contributed by atoms with Gasteiger partial charge in [-0.25, -0.2) is 14.4 Å². The monoisotopic (exact) mass is 1330 g/mol. The average molecular weight is 1330 g/mol. The van der Waals surface area contributed by atoms with Crippen LogP contribution in [0.4, 0.5) is 0 Å².